The molecular formula is C27H29ClN2O5S2. The summed E-state index contributed by atoms with van der Waals surface area (Å²) < 4.78 is 39.1. The van der Waals surface area contributed by atoms with Crippen molar-refractivity contribution in [2.24, 2.45) is 0 Å². The highest BCUT2D eigenvalue weighted by atomic mass is 35.5. The van der Waals surface area contributed by atoms with Crippen molar-refractivity contribution < 1.29 is 22.7 Å². The fourth-order valence-electron chi connectivity index (χ4n) is 4.29. The van der Waals surface area contributed by atoms with Gasteiger partial charge in [0.05, 0.1) is 24.6 Å². The molecule has 2 heterocycles. The predicted molar refractivity (Wildman–Crippen MR) is 146 cm³/mol. The normalized spacial score (nSPS) is 15.4. The zero-order valence-electron chi connectivity index (χ0n) is 20.7. The van der Waals surface area contributed by atoms with E-state index in [9.17, 15) is 13.2 Å². The molecule has 1 aromatic heterocycles. The van der Waals surface area contributed by atoms with Gasteiger partial charge in [0.2, 0.25) is 15.9 Å². The van der Waals surface area contributed by atoms with Gasteiger partial charge >= 0.3 is 0 Å². The summed E-state index contributed by atoms with van der Waals surface area (Å²) in [4.78, 5) is 16.6. The number of ether oxygens (including phenoxy) is 2. The van der Waals surface area contributed by atoms with Crippen LogP contribution in [-0.2, 0) is 21.2 Å². The molecule has 1 atom stereocenters. The van der Waals surface area contributed by atoms with Crippen molar-refractivity contribution in [1.82, 2.24) is 9.21 Å². The zero-order valence-corrected chi connectivity index (χ0v) is 23.1. The Labute approximate surface area is 226 Å². The van der Waals surface area contributed by atoms with Crippen LogP contribution >= 0.6 is 22.9 Å². The zero-order chi connectivity index (χ0) is 26.6. The Morgan fingerprint density at radius 3 is 2.62 bits per heavy atom. The monoisotopic (exact) mass is 560 g/mol. The molecule has 1 aliphatic rings. The van der Waals surface area contributed by atoms with E-state index in [1.54, 1.807) is 40.5 Å². The van der Waals surface area contributed by atoms with Crippen molar-refractivity contribution in [3.63, 3.8) is 0 Å². The van der Waals surface area contributed by atoms with E-state index in [1.165, 1.54) is 30.2 Å². The number of nitrogens with zero attached hydrogens (tertiary/aromatic N) is 2. The van der Waals surface area contributed by atoms with Gasteiger partial charge in [-0.05, 0) is 78.4 Å². The quantitative estimate of drug-likeness (QED) is 0.322. The van der Waals surface area contributed by atoms with E-state index in [0.717, 1.165) is 15.4 Å². The first-order valence-electron chi connectivity index (χ1n) is 11.7. The van der Waals surface area contributed by atoms with E-state index in [2.05, 4.69) is 6.58 Å². The first-order valence-corrected chi connectivity index (χ1v) is 14.4. The summed E-state index contributed by atoms with van der Waals surface area (Å²) in [6.45, 7) is 6.00. The number of rotatable bonds is 10. The molecule has 4 rings (SSSR count). The Kier molecular flexibility index (Phi) is 8.59. The number of aryl methyl sites for hydroxylation is 1. The van der Waals surface area contributed by atoms with E-state index in [4.69, 9.17) is 21.1 Å². The number of sulfonamides is 1. The van der Waals surface area contributed by atoms with Crippen molar-refractivity contribution in [3.8, 4) is 11.5 Å². The van der Waals surface area contributed by atoms with Gasteiger partial charge in [0.15, 0.2) is 0 Å². The fraction of sp³-hybridized carbons (Fsp3) is 0.296. The van der Waals surface area contributed by atoms with Crippen molar-refractivity contribution in [3.05, 3.63) is 87.6 Å². The summed E-state index contributed by atoms with van der Waals surface area (Å²) in [5.74, 6) is 0.910. The van der Waals surface area contributed by atoms with Crippen LogP contribution in [0.1, 0.15) is 22.0 Å². The Hall–Kier alpha value is -2.85. The highest BCUT2D eigenvalue weighted by Crippen LogP contribution is 2.34. The average Bonchev–Trinajstić information content (AvgIpc) is 3.38. The van der Waals surface area contributed by atoms with Crippen LogP contribution in [0.4, 0.5) is 0 Å². The van der Waals surface area contributed by atoms with Gasteiger partial charge in [0.25, 0.3) is 0 Å². The minimum atomic E-state index is -3.94. The summed E-state index contributed by atoms with van der Waals surface area (Å²) in [5, 5.41) is 2.67. The number of carbonyl (C=O) groups is 1. The maximum Gasteiger partial charge on any atom is 0.243 e. The summed E-state index contributed by atoms with van der Waals surface area (Å²) in [7, 11) is -2.42. The lowest BCUT2D eigenvalue weighted by Gasteiger charge is -2.37. The van der Waals surface area contributed by atoms with Gasteiger partial charge in [-0.2, -0.15) is 4.31 Å². The van der Waals surface area contributed by atoms with Crippen molar-refractivity contribution in [2.45, 2.75) is 24.3 Å². The van der Waals surface area contributed by atoms with Crippen LogP contribution < -0.4 is 9.47 Å². The first kappa shape index (κ1) is 27.2. The van der Waals surface area contributed by atoms with Crippen molar-refractivity contribution in [1.29, 1.82) is 0 Å². The minimum absolute atomic E-state index is 0.00284. The number of carbonyl (C=O) groups excluding carboxylic acids is 1. The molecule has 0 saturated carbocycles. The first-order chi connectivity index (χ1) is 17.7. The number of hydrogen-bond donors (Lipinski definition) is 0. The molecule has 0 aliphatic carbocycles. The van der Waals surface area contributed by atoms with Crippen LogP contribution in [0.15, 0.2) is 71.5 Å². The third kappa shape index (κ3) is 6.01. The van der Waals surface area contributed by atoms with Crippen molar-refractivity contribution >= 4 is 38.9 Å². The lowest BCUT2D eigenvalue weighted by molar-refractivity contribution is -0.135. The Balaban J connectivity index is 1.56. The molecule has 0 N–H and O–H groups in total. The SMILES string of the molecule is C=CCN(CC(=O)N1CCc2sccc2C1COc1ccc(Cl)c(C)c1)S(=O)(=O)c1ccc(OC)cc1. The van der Waals surface area contributed by atoms with Crippen molar-refractivity contribution in [2.75, 3.05) is 33.4 Å². The minimum Gasteiger partial charge on any atom is -0.497 e. The number of amides is 1. The van der Waals surface area contributed by atoms with Gasteiger partial charge in [-0.15, -0.1) is 17.9 Å². The summed E-state index contributed by atoms with van der Waals surface area (Å²) in [5.41, 5.74) is 1.93. The number of methoxy groups -OCH3 is 1. The van der Waals surface area contributed by atoms with Crippen LogP contribution in [0.5, 0.6) is 11.5 Å². The molecule has 1 amide bonds. The van der Waals surface area contributed by atoms with Crippen LogP contribution in [0.3, 0.4) is 0 Å². The number of benzene rings is 2. The smallest absolute Gasteiger partial charge is 0.243 e. The molecule has 196 valence electrons. The number of hydrogen-bond acceptors (Lipinski definition) is 6. The van der Waals surface area contributed by atoms with Crippen LogP contribution in [-0.4, -0.2) is 56.9 Å². The van der Waals surface area contributed by atoms with Gasteiger partial charge in [0.1, 0.15) is 18.1 Å². The summed E-state index contributed by atoms with van der Waals surface area (Å²) >= 11 is 7.80. The Bertz CT molecular complexity index is 1370. The van der Waals surface area contributed by atoms with Gasteiger partial charge in [-0.1, -0.05) is 17.7 Å². The second-order valence-electron chi connectivity index (χ2n) is 8.64. The van der Waals surface area contributed by atoms with Crippen LogP contribution in [0.25, 0.3) is 0 Å². The van der Waals surface area contributed by atoms with Gasteiger partial charge < -0.3 is 14.4 Å². The molecule has 1 aliphatic heterocycles. The second kappa shape index (κ2) is 11.7. The molecule has 7 nitrogen and oxygen atoms in total. The second-order valence-corrected chi connectivity index (χ2v) is 12.0. The van der Waals surface area contributed by atoms with E-state index in [0.29, 0.717) is 29.5 Å². The van der Waals surface area contributed by atoms with Gasteiger partial charge in [-0.3, -0.25) is 4.79 Å². The molecule has 2 aromatic carbocycles. The molecule has 0 spiro atoms. The highest BCUT2D eigenvalue weighted by molar-refractivity contribution is 7.89. The largest absolute Gasteiger partial charge is 0.497 e. The lowest BCUT2D eigenvalue weighted by Crippen LogP contribution is -2.47. The fourth-order valence-corrected chi connectivity index (χ4v) is 6.69. The molecule has 0 fully saturated rings. The summed E-state index contributed by atoms with van der Waals surface area (Å²) in [6, 6.07) is 13.2. The third-order valence-corrected chi connectivity index (χ3v) is 9.54. The molecule has 10 heteroatoms. The summed E-state index contributed by atoms with van der Waals surface area (Å²) in [6.07, 6.45) is 2.19. The predicted octanol–water partition coefficient (Wildman–Crippen LogP) is 5.10. The maximum atomic E-state index is 13.6. The molecule has 0 radical (unpaired) electrons. The number of halogens is 1. The van der Waals surface area contributed by atoms with E-state index in [1.807, 2.05) is 24.4 Å². The van der Waals surface area contributed by atoms with Gasteiger partial charge in [-0.25, -0.2) is 8.42 Å². The number of thiophene rings is 1. The third-order valence-electron chi connectivity index (χ3n) is 6.29. The van der Waals surface area contributed by atoms with E-state index >= 15 is 0 Å². The molecular weight excluding hydrogens is 532 g/mol. The number of fused-ring (bicyclic) bond motifs is 1. The Morgan fingerprint density at radius 1 is 1.22 bits per heavy atom. The molecule has 0 bridgehead atoms. The molecule has 0 saturated heterocycles. The lowest BCUT2D eigenvalue weighted by atomic mass is 10.0. The molecule has 1 unspecified atom stereocenters. The van der Waals surface area contributed by atoms with Crippen LogP contribution in [0, 0.1) is 6.92 Å². The average molecular weight is 561 g/mol. The van der Waals surface area contributed by atoms with E-state index < -0.39 is 10.0 Å². The topological polar surface area (TPSA) is 76.2 Å². The van der Waals surface area contributed by atoms with Gasteiger partial charge in [0, 0.05) is 23.0 Å². The standard InChI is InChI=1S/C27H29ClN2O5S2/c1-4-13-29(37(32,33)22-8-5-20(34-3)6-9-22)17-27(31)30-14-11-26-23(12-15-36-26)25(30)18-35-21-7-10-24(28)19(2)16-21/h4-10,12,15-16,25H,1,11,13-14,17-18H2,2-3H3. The molecule has 37 heavy (non-hydrogen) atoms. The molecule has 3 aromatic rings. The highest BCUT2D eigenvalue weighted by Gasteiger charge is 2.35. The van der Waals surface area contributed by atoms with Crippen LogP contribution in [0.2, 0.25) is 5.02 Å². The Morgan fingerprint density at radius 2 is 1.95 bits per heavy atom. The van der Waals surface area contributed by atoms with E-state index in [-0.39, 0.29) is 36.5 Å². The maximum absolute atomic E-state index is 13.6.